The molecule has 2 aromatic carbocycles. The van der Waals surface area contributed by atoms with Gasteiger partial charge in [0.1, 0.15) is 17.2 Å². The van der Waals surface area contributed by atoms with Gasteiger partial charge in [-0.15, -0.1) is 0 Å². The lowest BCUT2D eigenvalue weighted by molar-refractivity contribution is 0.415. The van der Waals surface area contributed by atoms with Crippen LogP contribution in [0, 0.1) is 0 Å². The Hall–Kier alpha value is -2.75. The highest BCUT2D eigenvalue weighted by Crippen LogP contribution is 2.34. The maximum absolute atomic E-state index is 10.2. The molecule has 1 heterocycles. The van der Waals surface area contributed by atoms with Crippen LogP contribution in [0.5, 0.6) is 17.2 Å². The number of nitrogens with zero attached hydrogens (tertiary/aromatic N) is 1. The number of benzene rings is 2. The molecule has 21 heavy (non-hydrogen) atoms. The van der Waals surface area contributed by atoms with Gasteiger partial charge in [-0.25, -0.2) is 4.98 Å². The van der Waals surface area contributed by atoms with E-state index in [1.807, 2.05) is 24.3 Å². The second-order valence-electron chi connectivity index (χ2n) is 4.61. The number of pyridine rings is 1. The van der Waals surface area contributed by atoms with Crippen LogP contribution in [0.3, 0.4) is 0 Å². The number of methoxy groups -OCH3 is 2. The van der Waals surface area contributed by atoms with E-state index in [0.29, 0.717) is 28.1 Å². The molecule has 0 fully saturated rings. The first-order chi connectivity index (χ1) is 10.2. The number of aromatic hydroxyl groups is 1. The molecule has 0 amide bonds. The summed E-state index contributed by atoms with van der Waals surface area (Å²) < 4.78 is 10.6. The summed E-state index contributed by atoms with van der Waals surface area (Å²) in [5.41, 5.74) is 2.17. The highest BCUT2D eigenvalue weighted by Gasteiger charge is 2.11. The van der Waals surface area contributed by atoms with Crippen molar-refractivity contribution in [3.8, 4) is 28.5 Å². The van der Waals surface area contributed by atoms with E-state index in [-0.39, 0.29) is 5.75 Å². The molecule has 106 valence electrons. The average Bonchev–Trinajstić information content (AvgIpc) is 2.54. The van der Waals surface area contributed by atoms with Crippen LogP contribution in [0.4, 0.5) is 0 Å². The van der Waals surface area contributed by atoms with Gasteiger partial charge in [0.15, 0.2) is 0 Å². The molecule has 3 rings (SSSR count). The molecule has 0 spiro atoms. The second kappa shape index (κ2) is 5.32. The van der Waals surface area contributed by atoms with Crippen molar-refractivity contribution in [1.29, 1.82) is 0 Å². The zero-order chi connectivity index (χ0) is 14.8. The molecule has 0 saturated carbocycles. The first kappa shape index (κ1) is 13.2. The zero-order valence-electron chi connectivity index (χ0n) is 11.8. The van der Waals surface area contributed by atoms with Gasteiger partial charge < -0.3 is 14.6 Å². The van der Waals surface area contributed by atoms with Gasteiger partial charge in [-0.2, -0.15) is 0 Å². The quantitative estimate of drug-likeness (QED) is 0.796. The fraction of sp³-hybridized carbons (Fsp3) is 0.118. The normalized spacial score (nSPS) is 10.6. The summed E-state index contributed by atoms with van der Waals surface area (Å²) in [6, 6.07) is 14.6. The summed E-state index contributed by atoms with van der Waals surface area (Å²) in [5.74, 6) is 1.60. The molecule has 3 aromatic rings. The van der Waals surface area contributed by atoms with Gasteiger partial charge in [-0.05, 0) is 24.3 Å². The monoisotopic (exact) mass is 281 g/mol. The van der Waals surface area contributed by atoms with Crippen molar-refractivity contribution in [3.63, 3.8) is 0 Å². The van der Waals surface area contributed by atoms with Gasteiger partial charge in [0.25, 0.3) is 0 Å². The zero-order valence-corrected chi connectivity index (χ0v) is 11.8. The fourth-order valence-electron chi connectivity index (χ4n) is 2.31. The highest BCUT2D eigenvalue weighted by molar-refractivity contribution is 5.89. The Morgan fingerprint density at radius 1 is 0.952 bits per heavy atom. The lowest BCUT2D eigenvalue weighted by Gasteiger charge is -2.10. The Labute approximate surface area is 122 Å². The van der Waals surface area contributed by atoms with E-state index in [2.05, 4.69) is 4.98 Å². The first-order valence-electron chi connectivity index (χ1n) is 6.54. The number of hydrogen-bond donors (Lipinski definition) is 1. The smallest absolute Gasteiger partial charge is 0.128 e. The van der Waals surface area contributed by atoms with Crippen LogP contribution in [0.15, 0.2) is 48.5 Å². The minimum absolute atomic E-state index is 0.184. The van der Waals surface area contributed by atoms with E-state index in [4.69, 9.17) is 9.47 Å². The van der Waals surface area contributed by atoms with Gasteiger partial charge in [-0.1, -0.05) is 12.1 Å². The Balaban J connectivity index is 2.24. The third-order valence-electron chi connectivity index (χ3n) is 3.38. The molecular weight excluding hydrogens is 266 g/mol. The maximum Gasteiger partial charge on any atom is 0.128 e. The Kier molecular flexibility index (Phi) is 3.36. The van der Waals surface area contributed by atoms with E-state index in [1.165, 1.54) is 0 Å². The molecule has 0 atom stereocenters. The van der Waals surface area contributed by atoms with Crippen LogP contribution in [0.1, 0.15) is 0 Å². The highest BCUT2D eigenvalue weighted by atomic mass is 16.5. The largest absolute Gasteiger partial charge is 0.507 e. The van der Waals surface area contributed by atoms with Gasteiger partial charge in [0, 0.05) is 23.1 Å². The predicted molar refractivity (Wildman–Crippen MR) is 81.9 cm³/mol. The van der Waals surface area contributed by atoms with Crippen molar-refractivity contribution in [3.05, 3.63) is 48.5 Å². The summed E-state index contributed by atoms with van der Waals surface area (Å²) in [4.78, 5) is 4.60. The van der Waals surface area contributed by atoms with E-state index in [9.17, 15) is 5.11 Å². The van der Waals surface area contributed by atoms with Crippen LogP contribution < -0.4 is 9.47 Å². The molecule has 1 N–H and O–H groups in total. The molecule has 0 aliphatic rings. The molecule has 0 aliphatic carbocycles. The second-order valence-corrected chi connectivity index (χ2v) is 4.61. The lowest BCUT2D eigenvalue weighted by Crippen LogP contribution is -1.91. The van der Waals surface area contributed by atoms with Gasteiger partial charge in [0.05, 0.1) is 25.4 Å². The van der Waals surface area contributed by atoms with Crippen LogP contribution in [-0.2, 0) is 0 Å². The van der Waals surface area contributed by atoms with Crippen molar-refractivity contribution in [2.45, 2.75) is 0 Å². The fourth-order valence-corrected chi connectivity index (χ4v) is 2.31. The predicted octanol–water partition coefficient (Wildman–Crippen LogP) is 3.62. The van der Waals surface area contributed by atoms with Crippen molar-refractivity contribution >= 4 is 10.9 Å². The van der Waals surface area contributed by atoms with Crippen molar-refractivity contribution in [2.24, 2.45) is 0 Å². The van der Waals surface area contributed by atoms with E-state index >= 15 is 0 Å². The number of rotatable bonds is 3. The third-order valence-corrected chi connectivity index (χ3v) is 3.38. The molecule has 0 bridgehead atoms. The van der Waals surface area contributed by atoms with E-state index < -0.39 is 0 Å². The number of ether oxygens (including phenoxy) is 2. The van der Waals surface area contributed by atoms with Gasteiger partial charge in [-0.3, -0.25) is 0 Å². The summed E-state index contributed by atoms with van der Waals surface area (Å²) in [5, 5.41) is 10.9. The van der Waals surface area contributed by atoms with Gasteiger partial charge in [0.2, 0.25) is 0 Å². The van der Waals surface area contributed by atoms with Gasteiger partial charge >= 0.3 is 0 Å². The number of para-hydroxylation sites is 1. The number of fused-ring (bicyclic) bond motifs is 1. The minimum Gasteiger partial charge on any atom is -0.507 e. The topological polar surface area (TPSA) is 51.6 Å². The van der Waals surface area contributed by atoms with Crippen molar-refractivity contribution in [1.82, 2.24) is 4.98 Å². The molecule has 0 aliphatic heterocycles. The standard InChI is InChI=1S/C17H15NO3/c1-20-11-7-8-12-14(9-11)18-15(10-16(12)19)13-5-3-4-6-17(13)21-2/h3-10H,1-2H3,(H,18,19). The molecule has 4 nitrogen and oxygen atoms in total. The van der Waals surface area contributed by atoms with E-state index in [1.54, 1.807) is 38.5 Å². The van der Waals surface area contributed by atoms with Crippen LogP contribution in [0.2, 0.25) is 0 Å². The van der Waals surface area contributed by atoms with Crippen molar-refractivity contribution < 1.29 is 14.6 Å². The Bertz CT molecular complexity index is 799. The molecule has 0 radical (unpaired) electrons. The van der Waals surface area contributed by atoms with Crippen LogP contribution in [0.25, 0.3) is 22.2 Å². The maximum atomic E-state index is 10.2. The molecular formula is C17H15NO3. The average molecular weight is 281 g/mol. The number of aromatic nitrogens is 1. The minimum atomic E-state index is 0.184. The van der Waals surface area contributed by atoms with Crippen molar-refractivity contribution in [2.75, 3.05) is 14.2 Å². The Morgan fingerprint density at radius 2 is 1.76 bits per heavy atom. The molecule has 0 unspecified atom stereocenters. The molecule has 0 saturated heterocycles. The lowest BCUT2D eigenvalue weighted by atomic mass is 10.1. The van der Waals surface area contributed by atoms with Crippen LogP contribution in [-0.4, -0.2) is 24.3 Å². The molecule has 4 heteroatoms. The summed E-state index contributed by atoms with van der Waals surface area (Å²) >= 11 is 0. The van der Waals surface area contributed by atoms with Crippen LogP contribution >= 0.6 is 0 Å². The SMILES string of the molecule is COc1ccc2c(O)cc(-c3ccccc3OC)nc2c1. The summed E-state index contributed by atoms with van der Waals surface area (Å²) in [6.07, 6.45) is 0. The van der Waals surface area contributed by atoms with E-state index in [0.717, 1.165) is 5.56 Å². The third kappa shape index (κ3) is 2.36. The summed E-state index contributed by atoms with van der Waals surface area (Å²) in [7, 11) is 3.22. The summed E-state index contributed by atoms with van der Waals surface area (Å²) in [6.45, 7) is 0. The molecule has 1 aromatic heterocycles. The Morgan fingerprint density at radius 3 is 2.52 bits per heavy atom. The first-order valence-corrected chi connectivity index (χ1v) is 6.54. The number of hydrogen-bond acceptors (Lipinski definition) is 4.